The van der Waals surface area contributed by atoms with Gasteiger partial charge in [-0.2, -0.15) is 0 Å². The number of pyridine rings is 1. The van der Waals surface area contributed by atoms with Gasteiger partial charge in [0.15, 0.2) is 5.76 Å². The second-order valence-electron chi connectivity index (χ2n) is 6.92. The minimum absolute atomic E-state index is 0.143. The molecular weight excluding hydrogens is 356 g/mol. The zero-order valence-electron chi connectivity index (χ0n) is 16.3. The summed E-state index contributed by atoms with van der Waals surface area (Å²) in [7, 11) is 3.87. The number of hydrogen-bond acceptors (Lipinski definition) is 5. The number of hydrogen-bond donors (Lipinski definition) is 2. The number of nitrogens with zero attached hydrogens (tertiary/aromatic N) is 2. The van der Waals surface area contributed by atoms with Crippen LogP contribution >= 0.6 is 0 Å². The molecule has 0 aliphatic heterocycles. The Bertz CT molecular complexity index is 977. The Morgan fingerprint density at radius 1 is 1.14 bits per heavy atom. The number of furan rings is 1. The first-order chi connectivity index (χ1) is 13.4. The molecule has 0 atom stereocenters. The largest absolute Gasteiger partial charge is 0.451 e. The standard InChI is InChI=1S/C21H24N4O3/c1-14-8-9-18(23-12-14)24-19(26)10-11-22-21(27)20-16(13-25(2)3)15-6-4-5-7-17(15)28-20/h4-9,12H,10-11,13H2,1-3H3,(H,22,27)(H,23,24,26). The Kier molecular flexibility index (Phi) is 6.06. The normalized spacial score (nSPS) is 11.0. The van der Waals surface area contributed by atoms with Crippen LogP contribution in [0.1, 0.15) is 28.1 Å². The second-order valence-corrected chi connectivity index (χ2v) is 6.92. The van der Waals surface area contributed by atoms with Gasteiger partial charge >= 0.3 is 0 Å². The molecule has 2 N–H and O–H groups in total. The highest BCUT2D eigenvalue weighted by atomic mass is 16.3. The van der Waals surface area contributed by atoms with Crippen LogP contribution in [0.25, 0.3) is 11.0 Å². The van der Waals surface area contributed by atoms with Gasteiger partial charge in [0.25, 0.3) is 5.91 Å². The van der Waals surface area contributed by atoms with Gasteiger partial charge in [-0.05, 0) is 38.7 Å². The summed E-state index contributed by atoms with van der Waals surface area (Å²) in [5.41, 5.74) is 2.53. The van der Waals surface area contributed by atoms with E-state index in [2.05, 4.69) is 15.6 Å². The average molecular weight is 380 g/mol. The van der Waals surface area contributed by atoms with Gasteiger partial charge in [-0.15, -0.1) is 0 Å². The molecule has 146 valence electrons. The molecule has 0 aliphatic carbocycles. The zero-order chi connectivity index (χ0) is 20.1. The highest BCUT2D eigenvalue weighted by Crippen LogP contribution is 2.26. The molecule has 7 nitrogen and oxygen atoms in total. The maximum Gasteiger partial charge on any atom is 0.287 e. The molecule has 3 aromatic rings. The average Bonchev–Trinajstić information content (AvgIpc) is 3.02. The van der Waals surface area contributed by atoms with Crippen LogP contribution in [-0.4, -0.2) is 42.3 Å². The summed E-state index contributed by atoms with van der Waals surface area (Å²) < 4.78 is 5.78. The van der Waals surface area contributed by atoms with Gasteiger partial charge in [0.1, 0.15) is 11.4 Å². The van der Waals surface area contributed by atoms with E-state index in [4.69, 9.17) is 4.42 Å². The number of benzene rings is 1. The smallest absolute Gasteiger partial charge is 0.287 e. The molecule has 28 heavy (non-hydrogen) atoms. The Morgan fingerprint density at radius 2 is 1.93 bits per heavy atom. The van der Waals surface area contributed by atoms with Crippen molar-refractivity contribution in [2.45, 2.75) is 19.9 Å². The van der Waals surface area contributed by atoms with Crippen LogP contribution < -0.4 is 10.6 Å². The topological polar surface area (TPSA) is 87.5 Å². The number of aryl methyl sites for hydroxylation is 1. The van der Waals surface area contributed by atoms with Crippen LogP contribution in [0.3, 0.4) is 0 Å². The molecule has 0 radical (unpaired) electrons. The molecule has 0 unspecified atom stereocenters. The molecule has 2 aromatic heterocycles. The number of nitrogens with one attached hydrogen (secondary N) is 2. The van der Waals surface area contributed by atoms with E-state index in [1.54, 1.807) is 12.3 Å². The lowest BCUT2D eigenvalue weighted by molar-refractivity contribution is -0.116. The Labute approximate surface area is 163 Å². The van der Waals surface area contributed by atoms with Gasteiger partial charge in [0, 0.05) is 36.7 Å². The maximum absolute atomic E-state index is 12.6. The van der Waals surface area contributed by atoms with Crippen molar-refractivity contribution < 1.29 is 14.0 Å². The van der Waals surface area contributed by atoms with Crippen LogP contribution in [0.15, 0.2) is 47.0 Å². The predicted molar refractivity (Wildman–Crippen MR) is 108 cm³/mol. The lowest BCUT2D eigenvalue weighted by Crippen LogP contribution is -2.28. The van der Waals surface area contributed by atoms with Crippen LogP contribution in [0.4, 0.5) is 5.82 Å². The van der Waals surface area contributed by atoms with E-state index in [1.165, 1.54) is 0 Å². The van der Waals surface area contributed by atoms with Gasteiger partial charge in [0.05, 0.1) is 0 Å². The molecule has 0 spiro atoms. The van der Waals surface area contributed by atoms with Gasteiger partial charge < -0.3 is 20.0 Å². The maximum atomic E-state index is 12.6. The van der Waals surface area contributed by atoms with Crippen molar-refractivity contribution in [3.63, 3.8) is 0 Å². The fraction of sp³-hybridized carbons (Fsp3) is 0.286. The van der Waals surface area contributed by atoms with Crippen molar-refractivity contribution in [3.8, 4) is 0 Å². The van der Waals surface area contributed by atoms with Crippen LogP contribution in [0, 0.1) is 6.92 Å². The highest BCUT2D eigenvalue weighted by molar-refractivity contribution is 5.99. The number of amides is 2. The fourth-order valence-corrected chi connectivity index (χ4v) is 2.87. The summed E-state index contributed by atoms with van der Waals surface area (Å²) in [5, 5.41) is 6.40. The monoisotopic (exact) mass is 380 g/mol. The summed E-state index contributed by atoms with van der Waals surface area (Å²) >= 11 is 0. The van der Waals surface area contributed by atoms with Crippen molar-refractivity contribution in [2.75, 3.05) is 26.0 Å². The third kappa shape index (κ3) is 4.75. The predicted octanol–water partition coefficient (Wildman–Crippen LogP) is 2.96. The second kappa shape index (κ2) is 8.67. The molecule has 3 rings (SSSR count). The molecule has 0 aliphatic rings. The van der Waals surface area contributed by atoms with Crippen molar-refractivity contribution in [1.29, 1.82) is 0 Å². The van der Waals surface area contributed by atoms with E-state index >= 15 is 0 Å². The number of fused-ring (bicyclic) bond motifs is 1. The van der Waals surface area contributed by atoms with Crippen molar-refractivity contribution in [2.24, 2.45) is 0 Å². The summed E-state index contributed by atoms with van der Waals surface area (Å²) in [5.74, 6) is 0.243. The number of aromatic nitrogens is 1. The van der Waals surface area contributed by atoms with Crippen molar-refractivity contribution in [1.82, 2.24) is 15.2 Å². The molecule has 2 heterocycles. The molecule has 0 saturated heterocycles. The minimum Gasteiger partial charge on any atom is -0.451 e. The number of carbonyl (C=O) groups excluding carboxylic acids is 2. The third-order valence-corrected chi connectivity index (χ3v) is 4.20. The number of carbonyl (C=O) groups is 2. The summed E-state index contributed by atoms with van der Waals surface area (Å²) in [6, 6.07) is 11.2. The molecule has 2 amide bonds. The SMILES string of the molecule is Cc1ccc(NC(=O)CCNC(=O)c2oc3ccccc3c2CN(C)C)nc1. The van der Waals surface area contributed by atoms with E-state index in [0.29, 0.717) is 17.9 Å². The Balaban J connectivity index is 1.61. The van der Waals surface area contributed by atoms with Gasteiger partial charge in [-0.3, -0.25) is 9.59 Å². The Morgan fingerprint density at radius 3 is 2.64 bits per heavy atom. The fourth-order valence-electron chi connectivity index (χ4n) is 2.87. The first-order valence-electron chi connectivity index (χ1n) is 9.10. The van der Waals surface area contributed by atoms with Gasteiger partial charge in [0.2, 0.25) is 5.91 Å². The lowest BCUT2D eigenvalue weighted by atomic mass is 10.1. The van der Waals surface area contributed by atoms with Gasteiger partial charge in [-0.1, -0.05) is 24.3 Å². The molecular formula is C21H24N4O3. The number of para-hydroxylation sites is 1. The number of anilines is 1. The summed E-state index contributed by atoms with van der Waals surface area (Å²) in [6.45, 7) is 2.71. The summed E-state index contributed by atoms with van der Waals surface area (Å²) in [6.07, 6.45) is 1.83. The van der Waals surface area contributed by atoms with E-state index < -0.39 is 0 Å². The zero-order valence-corrected chi connectivity index (χ0v) is 16.3. The van der Waals surface area contributed by atoms with Crippen molar-refractivity contribution >= 4 is 28.6 Å². The molecule has 0 saturated carbocycles. The lowest BCUT2D eigenvalue weighted by Gasteiger charge is -2.10. The van der Waals surface area contributed by atoms with Crippen LogP contribution in [0.2, 0.25) is 0 Å². The molecule has 1 aromatic carbocycles. The van der Waals surface area contributed by atoms with E-state index in [0.717, 1.165) is 16.5 Å². The van der Waals surface area contributed by atoms with E-state index in [9.17, 15) is 9.59 Å². The van der Waals surface area contributed by atoms with Crippen LogP contribution in [-0.2, 0) is 11.3 Å². The van der Waals surface area contributed by atoms with E-state index in [-0.39, 0.29) is 30.5 Å². The quantitative estimate of drug-likeness (QED) is 0.658. The van der Waals surface area contributed by atoms with Gasteiger partial charge in [-0.25, -0.2) is 4.98 Å². The molecule has 0 bridgehead atoms. The summed E-state index contributed by atoms with van der Waals surface area (Å²) in [4.78, 5) is 30.8. The highest BCUT2D eigenvalue weighted by Gasteiger charge is 2.20. The van der Waals surface area contributed by atoms with Crippen molar-refractivity contribution in [3.05, 3.63) is 59.5 Å². The van der Waals surface area contributed by atoms with Crippen LogP contribution in [0.5, 0.6) is 0 Å². The first-order valence-corrected chi connectivity index (χ1v) is 9.10. The van der Waals surface area contributed by atoms with E-state index in [1.807, 2.05) is 56.3 Å². The Hall–Kier alpha value is -3.19. The molecule has 0 fully saturated rings. The third-order valence-electron chi connectivity index (χ3n) is 4.20. The molecule has 7 heteroatoms. The minimum atomic E-state index is -0.325. The number of rotatable bonds is 7. The first kappa shape index (κ1) is 19.6.